The molecule has 1 aliphatic carbocycles. The number of aromatic nitrogens is 4. The van der Waals surface area contributed by atoms with Gasteiger partial charge in [0.2, 0.25) is 11.8 Å². The van der Waals surface area contributed by atoms with Crippen molar-refractivity contribution in [3.05, 3.63) is 50.8 Å². The zero-order chi connectivity index (χ0) is 27.7. The summed E-state index contributed by atoms with van der Waals surface area (Å²) in [6.07, 6.45) is -0.677. The van der Waals surface area contributed by atoms with Gasteiger partial charge in [-0.15, -0.1) is 0 Å². The van der Waals surface area contributed by atoms with Gasteiger partial charge in [-0.2, -0.15) is 23.5 Å². The number of likely N-dealkylation sites (tertiary alicyclic amines) is 1. The number of amides is 2. The molecule has 2 amide bonds. The Morgan fingerprint density at radius 3 is 2.69 bits per heavy atom. The van der Waals surface area contributed by atoms with Crippen LogP contribution in [-0.2, 0) is 16.1 Å². The van der Waals surface area contributed by atoms with Gasteiger partial charge in [0.25, 0.3) is 0 Å². The van der Waals surface area contributed by atoms with Crippen molar-refractivity contribution in [3.63, 3.8) is 0 Å². The Hall–Kier alpha value is -3.79. The summed E-state index contributed by atoms with van der Waals surface area (Å²) in [6, 6.07) is 3.37. The highest BCUT2D eigenvalue weighted by molar-refractivity contribution is 6.35. The van der Waals surface area contributed by atoms with Gasteiger partial charge in [-0.25, -0.2) is 4.79 Å². The Bertz CT molecular complexity index is 1590. The first kappa shape index (κ1) is 25.5. The van der Waals surface area contributed by atoms with Crippen LogP contribution in [0.15, 0.2) is 23.3 Å². The van der Waals surface area contributed by atoms with Crippen LogP contribution in [0.3, 0.4) is 0 Å². The third-order valence-electron chi connectivity index (χ3n) is 8.26. The lowest BCUT2D eigenvalue weighted by Crippen LogP contribution is -2.45. The van der Waals surface area contributed by atoms with E-state index in [0.717, 1.165) is 4.90 Å². The van der Waals surface area contributed by atoms with Crippen molar-refractivity contribution in [2.24, 2.45) is 5.41 Å². The Morgan fingerprint density at radius 2 is 2.03 bits per heavy atom. The number of H-pyrrole nitrogens is 2. The quantitative estimate of drug-likeness (QED) is 0.505. The average molecular weight is 562 g/mol. The van der Waals surface area contributed by atoms with E-state index in [0.29, 0.717) is 53.0 Å². The van der Waals surface area contributed by atoms with Gasteiger partial charge in [-0.05, 0) is 36.5 Å². The number of hydrogen-bond donors (Lipinski definition) is 2. The molecule has 1 saturated heterocycles. The molecule has 2 atom stereocenters. The van der Waals surface area contributed by atoms with Gasteiger partial charge in [0, 0.05) is 49.6 Å². The molecule has 2 aliphatic heterocycles. The van der Waals surface area contributed by atoms with E-state index in [-0.39, 0.29) is 37.0 Å². The minimum absolute atomic E-state index is 0.153. The first-order chi connectivity index (χ1) is 18.5. The van der Waals surface area contributed by atoms with Gasteiger partial charge in [-0.1, -0.05) is 11.6 Å². The Balaban J connectivity index is 1.25. The van der Waals surface area contributed by atoms with Gasteiger partial charge in [0.05, 0.1) is 22.2 Å². The van der Waals surface area contributed by atoms with E-state index < -0.39 is 35.7 Å². The second-order valence-corrected chi connectivity index (χ2v) is 11.0. The predicted molar refractivity (Wildman–Crippen MR) is 132 cm³/mol. The zero-order valence-electron chi connectivity index (χ0n) is 20.5. The van der Waals surface area contributed by atoms with Crippen LogP contribution in [0.4, 0.5) is 13.2 Å². The van der Waals surface area contributed by atoms with Crippen LogP contribution >= 0.6 is 11.6 Å². The second-order valence-electron chi connectivity index (χ2n) is 10.6. The smallest absolute Gasteiger partial charge is 0.343 e. The van der Waals surface area contributed by atoms with Crippen LogP contribution in [0, 0.1) is 16.7 Å². The first-order valence-corrected chi connectivity index (χ1v) is 12.9. The zero-order valence-corrected chi connectivity index (χ0v) is 21.3. The van der Waals surface area contributed by atoms with E-state index in [1.165, 1.54) is 17.0 Å². The fourth-order valence-corrected chi connectivity index (χ4v) is 6.55. The van der Waals surface area contributed by atoms with Gasteiger partial charge in [0.15, 0.2) is 0 Å². The number of nitrogens with zero attached hydrogens (tertiary/aromatic N) is 5. The summed E-state index contributed by atoms with van der Waals surface area (Å²) in [4.78, 5) is 44.1. The summed E-state index contributed by atoms with van der Waals surface area (Å²) in [5.41, 5.74) is 0.218. The molecule has 1 unspecified atom stereocenters. The number of hydrogen-bond acceptors (Lipinski definition) is 5. The number of carbonyl (C=O) groups is 2. The normalized spacial score (nSPS) is 23.4. The number of alkyl halides is 3. The SMILES string of the molecule is N#Cc1cn(C2CCN(C(=O)CC34C[C@@H]3c3cc(Cl)c5[nH]ncc5c3CN(CC(F)(F)F)C4=O)CC2)c(=O)[nH]1. The van der Waals surface area contributed by atoms with Gasteiger partial charge < -0.3 is 9.80 Å². The topological polar surface area (TPSA) is 131 Å². The number of nitriles is 1. The molecule has 0 bridgehead atoms. The van der Waals surface area contributed by atoms with Crippen LogP contribution in [0.1, 0.15) is 54.5 Å². The highest BCUT2D eigenvalue weighted by atomic mass is 35.5. The molecule has 2 aromatic heterocycles. The number of rotatable bonds is 4. The number of piperidine rings is 1. The van der Waals surface area contributed by atoms with E-state index in [9.17, 15) is 27.6 Å². The average Bonchev–Trinajstić information content (AvgIpc) is 3.22. The van der Waals surface area contributed by atoms with Gasteiger partial charge >= 0.3 is 11.9 Å². The highest BCUT2D eigenvalue weighted by Crippen LogP contribution is 2.65. The molecule has 2 N–H and O–H groups in total. The van der Waals surface area contributed by atoms with Crippen molar-refractivity contribution in [3.8, 4) is 6.07 Å². The summed E-state index contributed by atoms with van der Waals surface area (Å²) < 4.78 is 42.1. The number of aromatic amines is 2. The molecule has 4 heterocycles. The minimum Gasteiger partial charge on any atom is -0.343 e. The lowest BCUT2D eigenvalue weighted by Gasteiger charge is -2.34. The fourth-order valence-electron chi connectivity index (χ4n) is 6.29. The van der Waals surface area contributed by atoms with Crippen LogP contribution in [0.2, 0.25) is 5.02 Å². The molecule has 2 fully saturated rings. The molecule has 6 rings (SSSR count). The molecule has 14 heteroatoms. The number of imidazole rings is 1. The molecule has 1 saturated carbocycles. The van der Waals surface area contributed by atoms with Gasteiger partial charge in [0.1, 0.15) is 18.3 Å². The lowest BCUT2D eigenvalue weighted by molar-refractivity contribution is -0.166. The second kappa shape index (κ2) is 8.87. The summed E-state index contributed by atoms with van der Waals surface area (Å²) in [5, 5.41) is 16.7. The number of nitrogens with one attached hydrogen (secondary N) is 2. The number of halogens is 4. The summed E-state index contributed by atoms with van der Waals surface area (Å²) in [5.74, 6) is -1.42. The molecular weight excluding hydrogens is 539 g/mol. The maximum atomic E-state index is 13.7. The van der Waals surface area contributed by atoms with Crippen LogP contribution in [0.25, 0.3) is 10.9 Å². The van der Waals surface area contributed by atoms with Gasteiger partial charge in [-0.3, -0.25) is 24.2 Å². The number of carbonyl (C=O) groups excluding carboxylic acids is 2. The standard InChI is InChI=1S/C25H23ClF3N7O3/c26-19-5-15-17(16-9-31-33-21(16)19)11-35(12-25(27,28)29)22(38)24(6-18(15)24)7-20(37)34-3-1-14(2-4-34)36-10-13(8-30)32-23(36)39/h5,9-10,14,18H,1-4,6-7,11-12H2,(H,31,33)(H,32,39)/t18-,24?/m1/s1. The molecule has 1 aromatic carbocycles. The summed E-state index contributed by atoms with van der Waals surface area (Å²) in [7, 11) is 0. The Labute approximate surface area is 224 Å². The molecule has 0 spiro atoms. The molecule has 3 aliphatic rings. The molecule has 39 heavy (non-hydrogen) atoms. The van der Waals surface area contributed by atoms with E-state index in [1.54, 1.807) is 11.0 Å². The fraction of sp³-hybridized carbons (Fsp3) is 0.480. The highest BCUT2D eigenvalue weighted by Gasteiger charge is 2.65. The van der Waals surface area contributed by atoms with Crippen molar-refractivity contribution in [2.75, 3.05) is 19.6 Å². The number of benzene rings is 1. The van der Waals surface area contributed by atoms with Crippen molar-refractivity contribution in [1.29, 1.82) is 5.26 Å². The monoisotopic (exact) mass is 561 g/mol. The maximum absolute atomic E-state index is 13.7. The summed E-state index contributed by atoms with van der Waals surface area (Å²) in [6.45, 7) is -1.03. The van der Waals surface area contributed by atoms with Crippen molar-refractivity contribution >= 4 is 34.3 Å². The molecule has 10 nitrogen and oxygen atoms in total. The lowest BCUT2D eigenvalue weighted by atomic mass is 9.91. The van der Waals surface area contributed by atoms with Crippen molar-refractivity contribution in [2.45, 2.75) is 50.4 Å². The van der Waals surface area contributed by atoms with E-state index in [2.05, 4.69) is 15.2 Å². The number of fused-ring (bicyclic) bond motifs is 5. The Kier molecular flexibility index (Phi) is 5.80. The molecule has 0 radical (unpaired) electrons. The molecular formula is C25H23ClF3N7O3. The van der Waals surface area contributed by atoms with Crippen molar-refractivity contribution < 1.29 is 22.8 Å². The molecule has 3 aromatic rings. The van der Waals surface area contributed by atoms with Crippen LogP contribution in [0.5, 0.6) is 0 Å². The van der Waals surface area contributed by atoms with Crippen LogP contribution in [-0.4, -0.2) is 67.2 Å². The minimum atomic E-state index is -4.61. The predicted octanol–water partition coefficient (Wildman–Crippen LogP) is 3.21. The third kappa shape index (κ3) is 4.27. The molecule has 204 valence electrons. The first-order valence-electron chi connectivity index (χ1n) is 12.5. The van der Waals surface area contributed by atoms with Crippen molar-refractivity contribution in [1.82, 2.24) is 29.5 Å². The Morgan fingerprint density at radius 1 is 1.28 bits per heavy atom. The van der Waals surface area contributed by atoms with E-state index >= 15 is 0 Å². The largest absolute Gasteiger partial charge is 0.406 e. The van der Waals surface area contributed by atoms with Crippen LogP contribution < -0.4 is 5.69 Å². The third-order valence-corrected chi connectivity index (χ3v) is 8.56. The van der Waals surface area contributed by atoms with E-state index in [1.807, 2.05) is 6.07 Å². The van der Waals surface area contributed by atoms with E-state index in [4.69, 9.17) is 16.9 Å². The summed E-state index contributed by atoms with van der Waals surface area (Å²) >= 11 is 6.44. The maximum Gasteiger partial charge on any atom is 0.406 e.